The van der Waals surface area contributed by atoms with Gasteiger partial charge in [0.15, 0.2) is 0 Å². The zero-order chi connectivity index (χ0) is 17.2. The molecular formula is C16H16ClF3N4. The van der Waals surface area contributed by atoms with E-state index in [1.165, 1.54) is 12.3 Å². The first kappa shape index (κ1) is 17.0. The smallest absolute Gasteiger partial charge is 0.353 e. The molecule has 0 bridgehead atoms. The Kier molecular flexibility index (Phi) is 4.91. The first-order valence-corrected chi connectivity index (χ1v) is 7.91. The van der Waals surface area contributed by atoms with Crippen LogP contribution in [0.5, 0.6) is 0 Å². The molecule has 1 fully saturated rings. The highest BCUT2D eigenvalue weighted by Crippen LogP contribution is 2.27. The van der Waals surface area contributed by atoms with Crippen LogP contribution in [0.15, 0.2) is 36.7 Å². The lowest BCUT2D eigenvalue weighted by molar-refractivity contribution is -0.141. The molecule has 0 saturated carbocycles. The van der Waals surface area contributed by atoms with Gasteiger partial charge >= 0.3 is 6.18 Å². The van der Waals surface area contributed by atoms with Crippen molar-refractivity contribution in [1.82, 2.24) is 14.9 Å². The number of aromatic nitrogens is 2. The summed E-state index contributed by atoms with van der Waals surface area (Å²) in [6, 6.07) is 6.11. The van der Waals surface area contributed by atoms with E-state index in [1.807, 2.05) is 6.07 Å². The number of hydrogen-bond donors (Lipinski definition) is 0. The summed E-state index contributed by atoms with van der Waals surface area (Å²) in [6.07, 6.45) is -1.39. The van der Waals surface area contributed by atoms with Crippen LogP contribution in [0.4, 0.5) is 19.0 Å². The van der Waals surface area contributed by atoms with Crippen LogP contribution in [0, 0.1) is 0 Å². The summed E-state index contributed by atoms with van der Waals surface area (Å²) < 4.78 is 37.6. The molecule has 0 spiro atoms. The standard InChI is InChI=1S/C16H16ClF3N4/c17-13-2-1-5-21-15(13)24-8-6-23(7-9-24)11-12-3-4-14(22-10-12)16(18,19)20/h1-5,10H,6-9,11H2. The topological polar surface area (TPSA) is 32.3 Å². The fourth-order valence-electron chi connectivity index (χ4n) is 2.67. The van der Waals surface area contributed by atoms with Crippen molar-refractivity contribution in [3.05, 3.63) is 52.9 Å². The zero-order valence-corrected chi connectivity index (χ0v) is 13.6. The average molecular weight is 357 g/mol. The Labute approximate surface area is 142 Å². The molecule has 1 aliphatic heterocycles. The number of halogens is 4. The molecule has 2 aromatic heterocycles. The Hall–Kier alpha value is -1.86. The van der Waals surface area contributed by atoms with Crippen LogP contribution in [0.3, 0.4) is 0 Å². The van der Waals surface area contributed by atoms with Gasteiger partial charge in [0.25, 0.3) is 0 Å². The molecule has 0 aromatic carbocycles. The molecule has 8 heteroatoms. The van der Waals surface area contributed by atoms with E-state index < -0.39 is 11.9 Å². The van der Waals surface area contributed by atoms with Gasteiger partial charge in [-0.15, -0.1) is 0 Å². The molecule has 0 atom stereocenters. The van der Waals surface area contributed by atoms with Crippen molar-refractivity contribution < 1.29 is 13.2 Å². The van der Waals surface area contributed by atoms with E-state index in [0.717, 1.165) is 43.6 Å². The van der Waals surface area contributed by atoms with E-state index in [4.69, 9.17) is 11.6 Å². The Morgan fingerprint density at radius 2 is 1.79 bits per heavy atom. The number of hydrogen-bond acceptors (Lipinski definition) is 4. The zero-order valence-electron chi connectivity index (χ0n) is 12.8. The van der Waals surface area contributed by atoms with Crippen LogP contribution in [0.25, 0.3) is 0 Å². The van der Waals surface area contributed by atoms with Gasteiger partial charge in [-0.2, -0.15) is 13.2 Å². The molecule has 0 radical (unpaired) electrons. The van der Waals surface area contributed by atoms with Gasteiger partial charge in [-0.05, 0) is 23.8 Å². The van der Waals surface area contributed by atoms with Crippen molar-refractivity contribution in [1.29, 1.82) is 0 Å². The van der Waals surface area contributed by atoms with Gasteiger partial charge in [0.2, 0.25) is 0 Å². The van der Waals surface area contributed by atoms with Gasteiger partial charge < -0.3 is 4.90 Å². The van der Waals surface area contributed by atoms with E-state index in [1.54, 1.807) is 12.3 Å². The third kappa shape index (κ3) is 3.96. The average Bonchev–Trinajstić information content (AvgIpc) is 2.56. The van der Waals surface area contributed by atoms with Crippen molar-refractivity contribution >= 4 is 17.4 Å². The molecule has 2 aromatic rings. The molecular weight excluding hydrogens is 341 g/mol. The molecule has 24 heavy (non-hydrogen) atoms. The van der Waals surface area contributed by atoms with Crippen LogP contribution in [-0.4, -0.2) is 41.0 Å². The Morgan fingerprint density at radius 3 is 2.38 bits per heavy atom. The maximum atomic E-state index is 12.5. The van der Waals surface area contributed by atoms with Crippen LogP contribution < -0.4 is 4.90 Å². The molecule has 0 amide bonds. The normalized spacial score (nSPS) is 16.4. The van der Waals surface area contributed by atoms with Crippen molar-refractivity contribution in [2.75, 3.05) is 31.1 Å². The number of rotatable bonds is 3. The summed E-state index contributed by atoms with van der Waals surface area (Å²) in [5, 5.41) is 0.623. The van der Waals surface area contributed by atoms with Crippen LogP contribution in [0.1, 0.15) is 11.3 Å². The third-order valence-electron chi connectivity index (χ3n) is 3.93. The summed E-state index contributed by atoms with van der Waals surface area (Å²) in [4.78, 5) is 12.1. The SMILES string of the molecule is FC(F)(F)c1ccc(CN2CCN(c3ncccc3Cl)CC2)cn1. The Bertz CT molecular complexity index is 682. The molecule has 1 saturated heterocycles. The number of nitrogens with zero attached hydrogens (tertiary/aromatic N) is 4. The molecule has 0 aliphatic carbocycles. The quantitative estimate of drug-likeness (QED) is 0.843. The van der Waals surface area contributed by atoms with Gasteiger partial charge in [0.1, 0.15) is 11.5 Å². The van der Waals surface area contributed by atoms with Gasteiger partial charge in [0.05, 0.1) is 5.02 Å². The summed E-state index contributed by atoms with van der Waals surface area (Å²) >= 11 is 6.16. The van der Waals surface area contributed by atoms with E-state index in [9.17, 15) is 13.2 Å². The summed E-state index contributed by atoms with van der Waals surface area (Å²) in [6.45, 7) is 3.69. The van der Waals surface area contributed by atoms with Crippen molar-refractivity contribution in [3.63, 3.8) is 0 Å². The van der Waals surface area contributed by atoms with Crippen molar-refractivity contribution in [2.45, 2.75) is 12.7 Å². The molecule has 0 N–H and O–H groups in total. The molecule has 4 nitrogen and oxygen atoms in total. The molecule has 128 valence electrons. The lowest BCUT2D eigenvalue weighted by Crippen LogP contribution is -2.46. The second-order valence-corrected chi connectivity index (χ2v) is 6.03. The minimum absolute atomic E-state index is 0.578. The lowest BCUT2D eigenvalue weighted by Gasteiger charge is -2.35. The maximum absolute atomic E-state index is 12.5. The highest BCUT2D eigenvalue weighted by atomic mass is 35.5. The van der Waals surface area contributed by atoms with E-state index >= 15 is 0 Å². The largest absolute Gasteiger partial charge is 0.433 e. The molecule has 1 aliphatic rings. The maximum Gasteiger partial charge on any atom is 0.433 e. The van der Waals surface area contributed by atoms with Gasteiger partial charge in [-0.3, -0.25) is 9.88 Å². The van der Waals surface area contributed by atoms with E-state index in [2.05, 4.69) is 19.8 Å². The molecule has 3 rings (SSSR count). The second kappa shape index (κ2) is 6.94. The van der Waals surface area contributed by atoms with Crippen LogP contribution in [-0.2, 0) is 12.7 Å². The van der Waals surface area contributed by atoms with Crippen LogP contribution in [0.2, 0.25) is 5.02 Å². The number of alkyl halides is 3. The van der Waals surface area contributed by atoms with Gasteiger partial charge in [-0.25, -0.2) is 4.98 Å². The number of anilines is 1. The predicted octanol–water partition coefficient (Wildman–Crippen LogP) is 3.47. The van der Waals surface area contributed by atoms with Crippen molar-refractivity contribution in [2.24, 2.45) is 0 Å². The second-order valence-electron chi connectivity index (χ2n) is 5.62. The van der Waals surface area contributed by atoms with Gasteiger partial charge in [0, 0.05) is 45.1 Å². The molecule has 0 unspecified atom stereocenters. The fourth-order valence-corrected chi connectivity index (χ4v) is 2.91. The van der Waals surface area contributed by atoms with Gasteiger partial charge in [-0.1, -0.05) is 17.7 Å². The lowest BCUT2D eigenvalue weighted by atomic mass is 10.2. The Balaban J connectivity index is 1.57. The minimum atomic E-state index is -4.40. The van der Waals surface area contributed by atoms with Crippen LogP contribution >= 0.6 is 11.6 Å². The first-order chi connectivity index (χ1) is 11.4. The highest BCUT2D eigenvalue weighted by molar-refractivity contribution is 6.32. The summed E-state index contributed by atoms with van der Waals surface area (Å²) in [5.74, 6) is 0.773. The summed E-state index contributed by atoms with van der Waals surface area (Å²) in [5.41, 5.74) is -0.0896. The first-order valence-electron chi connectivity index (χ1n) is 7.53. The Morgan fingerprint density at radius 1 is 1.04 bits per heavy atom. The number of piperazine rings is 1. The fraction of sp³-hybridized carbons (Fsp3) is 0.375. The monoisotopic (exact) mass is 356 g/mol. The summed E-state index contributed by atoms with van der Waals surface area (Å²) in [7, 11) is 0. The van der Waals surface area contributed by atoms with Crippen molar-refractivity contribution in [3.8, 4) is 0 Å². The highest BCUT2D eigenvalue weighted by Gasteiger charge is 2.32. The molecule has 3 heterocycles. The predicted molar refractivity (Wildman–Crippen MR) is 86.0 cm³/mol. The van der Waals surface area contributed by atoms with E-state index in [-0.39, 0.29) is 0 Å². The minimum Gasteiger partial charge on any atom is -0.353 e. The van der Waals surface area contributed by atoms with E-state index in [0.29, 0.717) is 11.6 Å². The number of pyridine rings is 2. The third-order valence-corrected chi connectivity index (χ3v) is 4.23.